The highest BCUT2D eigenvalue weighted by Gasteiger charge is 2.07. The van der Waals surface area contributed by atoms with Crippen LogP contribution in [0.5, 0.6) is 11.5 Å². The maximum absolute atomic E-state index is 6.07. The summed E-state index contributed by atoms with van der Waals surface area (Å²) in [5, 5.41) is 1.07. The lowest BCUT2D eigenvalue weighted by Gasteiger charge is -2.12. The Hall–Kier alpha value is -1.22. The van der Waals surface area contributed by atoms with Gasteiger partial charge in [0.2, 0.25) is 0 Å². The van der Waals surface area contributed by atoms with Gasteiger partial charge >= 0.3 is 0 Å². The molecule has 1 unspecified atom stereocenters. The summed E-state index contributed by atoms with van der Waals surface area (Å²) in [7, 11) is 0. The molecular weight excluding hydrogens is 281 g/mol. The van der Waals surface area contributed by atoms with Crippen LogP contribution in [0.3, 0.4) is 0 Å². The van der Waals surface area contributed by atoms with Gasteiger partial charge in [-0.15, -0.1) is 0 Å². The molecule has 1 atom stereocenters. The fourth-order valence-electron chi connectivity index (χ4n) is 1.73. The number of benzene rings is 2. The molecular formula is C15H15Cl2NO. The summed E-state index contributed by atoms with van der Waals surface area (Å²) < 4.78 is 5.75. The molecule has 0 spiro atoms. The van der Waals surface area contributed by atoms with Crippen LogP contribution in [0.25, 0.3) is 0 Å². The van der Waals surface area contributed by atoms with Crippen molar-refractivity contribution in [2.45, 2.75) is 19.4 Å². The van der Waals surface area contributed by atoms with E-state index in [4.69, 9.17) is 33.7 Å². The average molecular weight is 296 g/mol. The molecule has 100 valence electrons. The van der Waals surface area contributed by atoms with Crippen LogP contribution in [-0.2, 0) is 0 Å². The first-order valence-corrected chi connectivity index (χ1v) is 6.84. The third kappa shape index (κ3) is 3.63. The van der Waals surface area contributed by atoms with E-state index in [1.165, 1.54) is 0 Å². The van der Waals surface area contributed by atoms with Gasteiger partial charge in [0.25, 0.3) is 0 Å². The van der Waals surface area contributed by atoms with E-state index in [0.29, 0.717) is 21.5 Å². The number of rotatable bonds is 4. The van der Waals surface area contributed by atoms with Crippen LogP contribution in [0.2, 0.25) is 10.0 Å². The molecule has 2 aromatic rings. The minimum atomic E-state index is 0.0178. The van der Waals surface area contributed by atoms with Crippen molar-refractivity contribution in [2.24, 2.45) is 5.73 Å². The molecule has 0 aliphatic heterocycles. The van der Waals surface area contributed by atoms with Crippen molar-refractivity contribution in [3.63, 3.8) is 0 Å². The molecule has 0 saturated carbocycles. The second-order valence-corrected chi connectivity index (χ2v) is 5.11. The number of hydrogen-bond acceptors (Lipinski definition) is 2. The van der Waals surface area contributed by atoms with Crippen LogP contribution in [0.4, 0.5) is 0 Å². The van der Waals surface area contributed by atoms with Crippen molar-refractivity contribution < 1.29 is 4.74 Å². The molecule has 0 saturated heterocycles. The Morgan fingerprint density at radius 3 is 2.63 bits per heavy atom. The minimum Gasteiger partial charge on any atom is -0.456 e. The molecule has 0 aliphatic rings. The van der Waals surface area contributed by atoms with E-state index < -0.39 is 0 Å². The van der Waals surface area contributed by atoms with Crippen LogP contribution in [0, 0.1) is 0 Å². The van der Waals surface area contributed by atoms with Crippen LogP contribution in [-0.4, -0.2) is 0 Å². The topological polar surface area (TPSA) is 35.2 Å². The second-order valence-electron chi connectivity index (χ2n) is 4.26. The van der Waals surface area contributed by atoms with E-state index >= 15 is 0 Å². The normalized spacial score (nSPS) is 12.2. The van der Waals surface area contributed by atoms with Gasteiger partial charge in [-0.2, -0.15) is 0 Å². The van der Waals surface area contributed by atoms with Crippen LogP contribution in [0.15, 0.2) is 42.5 Å². The number of ether oxygens (including phenoxy) is 1. The van der Waals surface area contributed by atoms with Gasteiger partial charge in [0.05, 0.1) is 5.02 Å². The standard InChI is InChI=1S/C15H15Cl2NO/c1-2-14(18)10-4-3-5-12(8-10)19-15-7-6-11(16)9-13(15)17/h3-9,14H,2,18H2,1H3. The van der Waals surface area contributed by atoms with Crippen LogP contribution < -0.4 is 10.5 Å². The third-order valence-electron chi connectivity index (χ3n) is 2.85. The van der Waals surface area contributed by atoms with Crippen molar-refractivity contribution in [3.05, 3.63) is 58.1 Å². The predicted molar refractivity (Wildman–Crippen MR) is 80.2 cm³/mol. The first kappa shape index (κ1) is 14.2. The van der Waals surface area contributed by atoms with Gasteiger partial charge in [-0.25, -0.2) is 0 Å². The summed E-state index contributed by atoms with van der Waals surface area (Å²) in [6, 6.07) is 12.9. The van der Waals surface area contributed by atoms with Gasteiger partial charge < -0.3 is 10.5 Å². The summed E-state index contributed by atoms with van der Waals surface area (Å²) in [6.07, 6.45) is 0.880. The predicted octanol–water partition coefficient (Wildman–Crippen LogP) is 5.20. The van der Waals surface area contributed by atoms with E-state index in [2.05, 4.69) is 0 Å². The zero-order chi connectivity index (χ0) is 13.8. The first-order valence-electron chi connectivity index (χ1n) is 6.08. The second kappa shape index (κ2) is 6.29. The van der Waals surface area contributed by atoms with Gasteiger partial charge in [-0.3, -0.25) is 0 Å². The highest BCUT2D eigenvalue weighted by molar-refractivity contribution is 6.35. The van der Waals surface area contributed by atoms with Gasteiger partial charge in [-0.05, 0) is 42.3 Å². The van der Waals surface area contributed by atoms with Crippen LogP contribution >= 0.6 is 23.2 Å². The summed E-state index contributed by atoms with van der Waals surface area (Å²) in [6.45, 7) is 2.05. The molecule has 0 radical (unpaired) electrons. The van der Waals surface area contributed by atoms with Crippen molar-refractivity contribution in [1.29, 1.82) is 0 Å². The van der Waals surface area contributed by atoms with Crippen LogP contribution in [0.1, 0.15) is 24.9 Å². The van der Waals surface area contributed by atoms with E-state index in [-0.39, 0.29) is 6.04 Å². The summed E-state index contributed by atoms with van der Waals surface area (Å²) >= 11 is 11.9. The van der Waals surface area contributed by atoms with E-state index in [1.54, 1.807) is 18.2 Å². The van der Waals surface area contributed by atoms with Gasteiger partial charge in [0, 0.05) is 11.1 Å². The van der Waals surface area contributed by atoms with E-state index in [0.717, 1.165) is 12.0 Å². The highest BCUT2D eigenvalue weighted by atomic mass is 35.5. The number of hydrogen-bond donors (Lipinski definition) is 1. The van der Waals surface area contributed by atoms with Crippen molar-refractivity contribution in [1.82, 2.24) is 0 Å². The lowest BCUT2D eigenvalue weighted by Crippen LogP contribution is -2.08. The van der Waals surface area contributed by atoms with Crippen molar-refractivity contribution >= 4 is 23.2 Å². The lowest BCUT2D eigenvalue weighted by atomic mass is 10.1. The summed E-state index contributed by atoms with van der Waals surface area (Å²) in [4.78, 5) is 0. The Bertz CT molecular complexity index is 572. The number of nitrogens with two attached hydrogens (primary N) is 1. The summed E-state index contributed by atoms with van der Waals surface area (Å²) in [5.41, 5.74) is 7.05. The third-order valence-corrected chi connectivity index (χ3v) is 3.38. The van der Waals surface area contributed by atoms with Crippen molar-refractivity contribution in [3.8, 4) is 11.5 Å². The molecule has 4 heteroatoms. The minimum absolute atomic E-state index is 0.0178. The van der Waals surface area contributed by atoms with Gasteiger partial charge in [0.15, 0.2) is 0 Å². The molecule has 2 rings (SSSR count). The Morgan fingerprint density at radius 2 is 1.95 bits per heavy atom. The van der Waals surface area contributed by atoms with E-state index in [1.807, 2.05) is 31.2 Å². The Morgan fingerprint density at radius 1 is 1.16 bits per heavy atom. The smallest absolute Gasteiger partial charge is 0.146 e. The maximum atomic E-state index is 6.07. The quantitative estimate of drug-likeness (QED) is 0.842. The average Bonchev–Trinajstić information content (AvgIpc) is 2.41. The molecule has 2 aromatic carbocycles. The van der Waals surface area contributed by atoms with Gasteiger partial charge in [-0.1, -0.05) is 42.3 Å². The van der Waals surface area contributed by atoms with E-state index in [9.17, 15) is 0 Å². The molecule has 0 heterocycles. The Kier molecular flexibility index (Phi) is 4.70. The lowest BCUT2D eigenvalue weighted by molar-refractivity contribution is 0.481. The largest absolute Gasteiger partial charge is 0.456 e. The molecule has 0 bridgehead atoms. The molecule has 2 N–H and O–H groups in total. The molecule has 0 aromatic heterocycles. The Balaban J connectivity index is 2.23. The molecule has 2 nitrogen and oxygen atoms in total. The highest BCUT2D eigenvalue weighted by Crippen LogP contribution is 2.32. The monoisotopic (exact) mass is 295 g/mol. The zero-order valence-corrected chi connectivity index (χ0v) is 12.1. The zero-order valence-electron chi connectivity index (χ0n) is 10.6. The van der Waals surface area contributed by atoms with Crippen molar-refractivity contribution in [2.75, 3.05) is 0 Å². The number of halogens is 2. The first-order chi connectivity index (χ1) is 9.10. The molecule has 0 aliphatic carbocycles. The molecule has 0 amide bonds. The summed E-state index contributed by atoms with van der Waals surface area (Å²) in [5.74, 6) is 1.29. The molecule has 0 fully saturated rings. The SMILES string of the molecule is CCC(N)c1cccc(Oc2ccc(Cl)cc2Cl)c1. The van der Waals surface area contributed by atoms with Gasteiger partial charge in [0.1, 0.15) is 11.5 Å². The maximum Gasteiger partial charge on any atom is 0.146 e. The fraction of sp³-hybridized carbons (Fsp3) is 0.200. The Labute approximate surface area is 123 Å². The molecule has 19 heavy (non-hydrogen) atoms. The fourth-order valence-corrected chi connectivity index (χ4v) is 2.18.